The number of nitrogens with one attached hydrogen (secondary N) is 2. The number of ether oxygens (including phenoxy) is 1. The first-order valence-corrected chi connectivity index (χ1v) is 9.38. The number of anilines is 1. The molecular formula is C20H17BrClN3O2. The van der Waals surface area contributed by atoms with E-state index in [-0.39, 0.29) is 6.03 Å². The molecule has 5 nitrogen and oxygen atoms in total. The quantitative estimate of drug-likeness (QED) is 0.533. The van der Waals surface area contributed by atoms with Crippen LogP contribution in [0.1, 0.15) is 11.1 Å². The molecule has 2 amide bonds. The number of rotatable bonds is 6. The van der Waals surface area contributed by atoms with Crippen LogP contribution in [-0.4, -0.2) is 11.0 Å². The number of halogens is 2. The molecule has 0 radical (unpaired) electrons. The fraction of sp³-hybridized carbons (Fsp3) is 0.100. The molecule has 0 fully saturated rings. The Labute approximate surface area is 170 Å². The SMILES string of the molecule is O=C(NCc1cccnc1)Nc1ccc(COc2ccc(Cl)cc2Br)cc1. The van der Waals surface area contributed by atoms with Crippen LogP contribution >= 0.6 is 27.5 Å². The van der Waals surface area contributed by atoms with Gasteiger partial charge in [-0.15, -0.1) is 0 Å². The number of amides is 2. The maximum absolute atomic E-state index is 12.0. The first-order valence-electron chi connectivity index (χ1n) is 8.21. The minimum absolute atomic E-state index is 0.270. The maximum atomic E-state index is 12.0. The Balaban J connectivity index is 1.48. The summed E-state index contributed by atoms with van der Waals surface area (Å²) in [6.45, 7) is 0.829. The molecule has 3 rings (SSSR count). The van der Waals surface area contributed by atoms with Crippen LogP contribution in [0.4, 0.5) is 10.5 Å². The average molecular weight is 447 g/mol. The highest BCUT2D eigenvalue weighted by atomic mass is 79.9. The van der Waals surface area contributed by atoms with Gasteiger partial charge in [-0.2, -0.15) is 0 Å². The van der Waals surface area contributed by atoms with Gasteiger partial charge >= 0.3 is 6.03 Å². The summed E-state index contributed by atoms with van der Waals surface area (Å²) in [7, 11) is 0. The molecule has 0 saturated carbocycles. The number of carbonyl (C=O) groups excluding carboxylic acids is 1. The highest BCUT2D eigenvalue weighted by Crippen LogP contribution is 2.28. The first-order chi connectivity index (χ1) is 13.1. The summed E-state index contributed by atoms with van der Waals surface area (Å²) in [5.41, 5.74) is 2.63. The molecule has 0 bridgehead atoms. The number of urea groups is 1. The standard InChI is InChI=1S/C20H17BrClN3O2/c21-18-10-16(22)5-8-19(18)27-13-14-3-6-17(7-4-14)25-20(26)24-12-15-2-1-9-23-11-15/h1-11H,12-13H2,(H2,24,25,26). The molecule has 27 heavy (non-hydrogen) atoms. The van der Waals surface area contributed by atoms with Crippen molar-refractivity contribution in [3.05, 3.63) is 87.6 Å². The third-order valence-electron chi connectivity index (χ3n) is 3.68. The van der Waals surface area contributed by atoms with Crippen molar-refractivity contribution >= 4 is 39.2 Å². The van der Waals surface area contributed by atoms with Crippen LogP contribution in [-0.2, 0) is 13.2 Å². The minimum atomic E-state index is -0.270. The highest BCUT2D eigenvalue weighted by molar-refractivity contribution is 9.10. The van der Waals surface area contributed by atoms with E-state index in [1.807, 2.05) is 42.5 Å². The summed E-state index contributed by atoms with van der Waals surface area (Å²) in [4.78, 5) is 16.0. The van der Waals surface area contributed by atoms with Crippen LogP contribution in [0.3, 0.4) is 0 Å². The molecule has 0 aliphatic heterocycles. The van der Waals surface area contributed by atoms with Crippen molar-refractivity contribution in [1.82, 2.24) is 10.3 Å². The van der Waals surface area contributed by atoms with E-state index in [4.69, 9.17) is 16.3 Å². The van der Waals surface area contributed by atoms with Crippen LogP contribution in [0.25, 0.3) is 0 Å². The van der Waals surface area contributed by atoms with E-state index in [2.05, 4.69) is 31.5 Å². The fourth-order valence-corrected chi connectivity index (χ4v) is 3.10. The van der Waals surface area contributed by atoms with E-state index in [1.54, 1.807) is 24.5 Å². The lowest BCUT2D eigenvalue weighted by molar-refractivity contribution is 0.251. The van der Waals surface area contributed by atoms with Gasteiger partial charge in [0.1, 0.15) is 12.4 Å². The monoisotopic (exact) mass is 445 g/mol. The maximum Gasteiger partial charge on any atom is 0.319 e. The highest BCUT2D eigenvalue weighted by Gasteiger charge is 2.04. The summed E-state index contributed by atoms with van der Waals surface area (Å²) >= 11 is 9.35. The third kappa shape index (κ3) is 5.98. The Morgan fingerprint density at radius 2 is 1.93 bits per heavy atom. The van der Waals surface area contributed by atoms with Crippen molar-refractivity contribution < 1.29 is 9.53 Å². The lowest BCUT2D eigenvalue weighted by atomic mass is 10.2. The predicted molar refractivity (Wildman–Crippen MR) is 110 cm³/mol. The number of nitrogens with zero attached hydrogens (tertiary/aromatic N) is 1. The second kappa shape index (κ2) is 9.39. The Morgan fingerprint density at radius 1 is 1.11 bits per heavy atom. The molecule has 0 aliphatic rings. The van der Waals surface area contributed by atoms with Gasteiger partial charge in [0.05, 0.1) is 4.47 Å². The van der Waals surface area contributed by atoms with Crippen LogP contribution in [0.2, 0.25) is 5.02 Å². The van der Waals surface area contributed by atoms with Gasteiger partial charge in [0.25, 0.3) is 0 Å². The lowest BCUT2D eigenvalue weighted by Crippen LogP contribution is -2.28. The predicted octanol–water partition coefficient (Wildman–Crippen LogP) is 5.40. The second-order valence-electron chi connectivity index (χ2n) is 5.73. The topological polar surface area (TPSA) is 63.2 Å². The molecule has 7 heteroatoms. The van der Waals surface area contributed by atoms with Crippen molar-refractivity contribution in [3.8, 4) is 5.75 Å². The van der Waals surface area contributed by atoms with E-state index >= 15 is 0 Å². The van der Waals surface area contributed by atoms with Gasteiger partial charge in [-0.3, -0.25) is 4.98 Å². The number of benzene rings is 2. The Bertz CT molecular complexity index is 905. The van der Waals surface area contributed by atoms with E-state index in [1.165, 1.54) is 0 Å². The zero-order chi connectivity index (χ0) is 19.1. The molecule has 138 valence electrons. The Morgan fingerprint density at radius 3 is 2.63 bits per heavy atom. The summed E-state index contributed by atoms with van der Waals surface area (Å²) in [5.74, 6) is 0.719. The summed E-state index contributed by atoms with van der Waals surface area (Å²) < 4.78 is 6.58. The smallest absolute Gasteiger partial charge is 0.319 e. The fourth-order valence-electron chi connectivity index (χ4n) is 2.30. The number of hydrogen-bond donors (Lipinski definition) is 2. The van der Waals surface area contributed by atoms with Gasteiger partial charge in [-0.1, -0.05) is 29.8 Å². The van der Waals surface area contributed by atoms with Crippen molar-refractivity contribution in [3.63, 3.8) is 0 Å². The van der Waals surface area contributed by atoms with Gasteiger partial charge in [0, 0.05) is 29.6 Å². The van der Waals surface area contributed by atoms with Gasteiger partial charge in [-0.05, 0) is 63.5 Å². The molecule has 1 heterocycles. The van der Waals surface area contributed by atoms with Crippen molar-refractivity contribution in [2.24, 2.45) is 0 Å². The summed E-state index contributed by atoms with van der Waals surface area (Å²) in [6, 6.07) is 16.3. The van der Waals surface area contributed by atoms with Crippen LogP contribution in [0, 0.1) is 0 Å². The van der Waals surface area contributed by atoms with E-state index in [0.29, 0.717) is 23.9 Å². The van der Waals surface area contributed by atoms with Crippen molar-refractivity contribution in [1.29, 1.82) is 0 Å². The summed E-state index contributed by atoms with van der Waals surface area (Å²) in [6.07, 6.45) is 3.41. The van der Waals surface area contributed by atoms with Crippen LogP contribution in [0.5, 0.6) is 5.75 Å². The number of pyridine rings is 1. The molecule has 0 spiro atoms. The summed E-state index contributed by atoms with van der Waals surface area (Å²) in [5, 5.41) is 6.23. The Kier molecular flexibility index (Phi) is 6.68. The largest absolute Gasteiger partial charge is 0.488 e. The minimum Gasteiger partial charge on any atom is -0.488 e. The second-order valence-corrected chi connectivity index (χ2v) is 7.02. The van der Waals surface area contributed by atoms with Crippen molar-refractivity contribution in [2.45, 2.75) is 13.2 Å². The first kappa shape index (κ1) is 19.2. The molecular weight excluding hydrogens is 430 g/mol. The van der Waals surface area contributed by atoms with E-state index in [0.717, 1.165) is 21.3 Å². The molecule has 0 aliphatic carbocycles. The molecule has 0 atom stereocenters. The molecule has 0 unspecified atom stereocenters. The van der Waals surface area contributed by atoms with Crippen molar-refractivity contribution in [2.75, 3.05) is 5.32 Å². The molecule has 2 N–H and O–H groups in total. The van der Waals surface area contributed by atoms with Gasteiger partial charge in [-0.25, -0.2) is 4.79 Å². The number of carbonyl (C=O) groups is 1. The van der Waals surface area contributed by atoms with Gasteiger partial charge in [0.2, 0.25) is 0 Å². The van der Waals surface area contributed by atoms with Crippen LogP contribution in [0.15, 0.2) is 71.5 Å². The lowest BCUT2D eigenvalue weighted by Gasteiger charge is -2.10. The Hall–Kier alpha value is -2.57. The zero-order valence-corrected chi connectivity index (χ0v) is 16.6. The van der Waals surface area contributed by atoms with E-state index in [9.17, 15) is 4.79 Å². The molecule has 2 aromatic carbocycles. The molecule has 3 aromatic rings. The van der Waals surface area contributed by atoms with Crippen LogP contribution < -0.4 is 15.4 Å². The van der Waals surface area contributed by atoms with Gasteiger partial charge in [0.15, 0.2) is 0 Å². The zero-order valence-electron chi connectivity index (χ0n) is 14.3. The number of hydrogen-bond acceptors (Lipinski definition) is 3. The molecule has 0 saturated heterocycles. The van der Waals surface area contributed by atoms with E-state index < -0.39 is 0 Å². The number of aromatic nitrogens is 1. The average Bonchev–Trinajstić information content (AvgIpc) is 2.68. The van der Waals surface area contributed by atoms with Gasteiger partial charge < -0.3 is 15.4 Å². The normalized spacial score (nSPS) is 10.3. The third-order valence-corrected chi connectivity index (χ3v) is 4.53. The molecule has 1 aromatic heterocycles.